The van der Waals surface area contributed by atoms with Crippen LogP contribution in [0.15, 0.2) is 63.5 Å². The van der Waals surface area contributed by atoms with E-state index >= 15 is 0 Å². The summed E-state index contributed by atoms with van der Waals surface area (Å²) in [7, 11) is 0. The molecule has 5 rings (SSSR count). The Bertz CT molecular complexity index is 1050. The van der Waals surface area contributed by atoms with Gasteiger partial charge in [0.1, 0.15) is 11.2 Å². The van der Waals surface area contributed by atoms with Crippen molar-refractivity contribution in [3.05, 3.63) is 59.1 Å². The van der Waals surface area contributed by atoms with Crippen LogP contribution in [0.4, 0.5) is 0 Å². The van der Waals surface area contributed by atoms with Crippen molar-refractivity contribution in [3.8, 4) is 23.0 Å². The van der Waals surface area contributed by atoms with Crippen molar-refractivity contribution in [2.24, 2.45) is 0 Å². The van der Waals surface area contributed by atoms with E-state index in [1.165, 1.54) is 0 Å². The number of fused-ring (bicyclic) bond motifs is 5. The Hall–Kier alpha value is -2.46. The molecule has 3 nitrogen and oxygen atoms in total. The molecule has 0 unspecified atom stereocenters. The highest BCUT2D eigenvalue weighted by Gasteiger charge is 2.22. The van der Waals surface area contributed by atoms with Crippen molar-refractivity contribution in [1.29, 1.82) is 0 Å². The zero-order valence-corrected chi connectivity index (χ0v) is 12.9. The van der Waals surface area contributed by atoms with Crippen LogP contribution in [0.1, 0.15) is 0 Å². The number of para-hydroxylation sites is 2. The Labute approximate surface area is 134 Å². The lowest BCUT2D eigenvalue weighted by Crippen LogP contribution is -1.99. The number of ether oxygens (including phenoxy) is 2. The van der Waals surface area contributed by atoms with E-state index in [1.807, 2.05) is 54.6 Å². The average Bonchev–Trinajstić information content (AvgIpc) is 2.89. The summed E-state index contributed by atoms with van der Waals surface area (Å²) in [5.74, 6) is 2.75. The van der Waals surface area contributed by atoms with Gasteiger partial charge in [-0.1, -0.05) is 24.3 Å². The first-order valence-electron chi connectivity index (χ1n) is 6.89. The Morgan fingerprint density at radius 2 is 1.55 bits per heavy atom. The van der Waals surface area contributed by atoms with Gasteiger partial charge in [-0.25, -0.2) is 0 Å². The Morgan fingerprint density at radius 1 is 0.682 bits per heavy atom. The van der Waals surface area contributed by atoms with Gasteiger partial charge < -0.3 is 13.9 Å². The van der Waals surface area contributed by atoms with E-state index < -0.39 is 0 Å². The fourth-order valence-electron chi connectivity index (χ4n) is 2.79. The largest absolute Gasteiger partial charge is 0.456 e. The van der Waals surface area contributed by atoms with E-state index in [-0.39, 0.29) is 0 Å². The van der Waals surface area contributed by atoms with E-state index in [2.05, 4.69) is 15.9 Å². The van der Waals surface area contributed by atoms with Crippen LogP contribution in [-0.2, 0) is 0 Å². The molecule has 0 aliphatic carbocycles. The molecule has 1 aliphatic rings. The zero-order valence-electron chi connectivity index (χ0n) is 11.3. The van der Waals surface area contributed by atoms with Gasteiger partial charge in [0.15, 0.2) is 23.0 Å². The average molecular weight is 353 g/mol. The SMILES string of the molecule is Brc1cccc2c1Oc1cc3c(cc1O2)oc1ccccc13. The Kier molecular flexibility index (Phi) is 2.35. The van der Waals surface area contributed by atoms with Gasteiger partial charge in [0.2, 0.25) is 0 Å². The van der Waals surface area contributed by atoms with Gasteiger partial charge >= 0.3 is 0 Å². The third-order valence-electron chi connectivity index (χ3n) is 3.81. The number of rotatable bonds is 0. The van der Waals surface area contributed by atoms with Gasteiger partial charge in [0, 0.05) is 16.8 Å². The molecule has 0 N–H and O–H groups in total. The maximum atomic E-state index is 6.02. The molecule has 3 aromatic carbocycles. The van der Waals surface area contributed by atoms with Crippen molar-refractivity contribution in [3.63, 3.8) is 0 Å². The quantitative estimate of drug-likeness (QED) is 0.330. The lowest BCUT2D eigenvalue weighted by atomic mass is 10.1. The number of furan rings is 1. The van der Waals surface area contributed by atoms with Crippen molar-refractivity contribution in [1.82, 2.24) is 0 Å². The van der Waals surface area contributed by atoms with Gasteiger partial charge in [-0.3, -0.25) is 0 Å². The Morgan fingerprint density at radius 3 is 2.50 bits per heavy atom. The summed E-state index contributed by atoms with van der Waals surface area (Å²) in [6.45, 7) is 0. The first-order valence-corrected chi connectivity index (χ1v) is 7.68. The molecule has 0 fully saturated rings. The third kappa shape index (κ3) is 1.61. The summed E-state index contributed by atoms with van der Waals surface area (Å²) in [5, 5.41) is 2.09. The molecule has 1 aliphatic heterocycles. The number of benzene rings is 3. The topological polar surface area (TPSA) is 31.6 Å². The second kappa shape index (κ2) is 4.27. The van der Waals surface area contributed by atoms with Crippen LogP contribution in [-0.4, -0.2) is 0 Å². The maximum Gasteiger partial charge on any atom is 0.184 e. The maximum absolute atomic E-state index is 6.02. The highest BCUT2D eigenvalue weighted by molar-refractivity contribution is 9.10. The van der Waals surface area contributed by atoms with Crippen molar-refractivity contribution in [2.75, 3.05) is 0 Å². The summed E-state index contributed by atoms with van der Waals surface area (Å²) in [5.41, 5.74) is 1.65. The fourth-order valence-corrected chi connectivity index (χ4v) is 3.22. The molecule has 2 heterocycles. The molecule has 0 radical (unpaired) electrons. The zero-order chi connectivity index (χ0) is 14.7. The van der Waals surface area contributed by atoms with Crippen LogP contribution in [0.3, 0.4) is 0 Å². The molecule has 0 atom stereocenters. The predicted octanol–water partition coefficient (Wildman–Crippen LogP) is 6.25. The molecule has 0 saturated heterocycles. The molecule has 0 spiro atoms. The van der Waals surface area contributed by atoms with E-state index in [0.717, 1.165) is 26.4 Å². The Balaban J connectivity index is 1.78. The summed E-state index contributed by atoms with van der Waals surface area (Å²) in [4.78, 5) is 0. The van der Waals surface area contributed by atoms with Crippen LogP contribution in [0.25, 0.3) is 21.9 Å². The van der Waals surface area contributed by atoms with E-state index in [0.29, 0.717) is 23.0 Å². The molecule has 22 heavy (non-hydrogen) atoms. The van der Waals surface area contributed by atoms with E-state index in [4.69, 9.17) is 13.9 Å². The minimum atomic E-state index is 0.664. The van der Waals surface area contributed by atoms with Crippen molar-refractivity contribution < 1.29 is 13.9 Å². The highest BCUT2D eigenvalue weighted by atomic mass is 79.9. The van der Waals surface area contributed by atoms with Crippen molar-refractivity contribution in [2.45, 2.75) is 0 Å². The normalized spacial score (nSPS) is 12.6. The number of halogens is 1. The molecule has 0 bridgehead atoms. The lowest BCUT2D eigenvalue weighted by molar-refractivity contribution is 0.358. The van der Waals surface area contributed by atoms with Crippen LogP contribution in [0, 0.1) is 0 Å². The van der Waals surface area contributed by atoms with Crippen LogP contribution >= 0.6 is 15.9 Å². The van der Waals surface area contributed by atoms with Gasteiger partial charge in [0.05, 0.1) is 4.47 Å². The van der Waals surface area contributed by atoms with Gasteiger partial charge in [-0.2, -0.15) is 0 Å². The minimum Gasteiger partial charge on any atom is -0.456 e. The second-order valence-corrected chi connectivity index (χ2v) is 6.02. The standard InChI is InChI=1S/C18H9BrO3/c19-12-5-3-7-14-18(12)22-16-8-11-10-4-1-2-6-13(10)20-15(11)9-17(16)21-14/h1-9H. The highest BCUT2D eigenvalue weighted by Crippen LogP contribution is 2.50. The fraction of sp³-hybridized carbons (Fsp3) is 0. The first kappa shape index (κ1) is 12.1. The second-order valence-electron chi connectivity index (χ2n) is 5.16. The number of hydrogen-bond acceptors (Lipinski definition) is 3. The monoisotopic (exact) mass is 352 g/mol. The third-order valence-corrected chi connectivity index (χ3v) is 4.43. The molecule has 1 aromatic heterocycles. The minimum absolute atomic E-state index is 0.664. The smallest absolute Gasteiger partial charge is 0.184 e. The molecule has 106 valence electrons. The number of hydrogen-bond donors (Lipinski definition) is 0. The van der Waals surface area contributed by atoms with Gasteiger partial charge in [0.25, 0.3) is 0 Å². The summed E-state index contributed by atoms with van der Waals surface area (Å²) in [6.07, 6.45) is 0. The molecule has 0 saturated carbocycles. The summed E-state index contributed by atoms with van der Waals surface area (Å²) in [6, 6.07) is 17.5. The summed E-state index contributed by atoms with van der Waals surface area (Å²) >= 11 is 3.49. The molecular formula is C18H9BrO3. The van der Waals surface area contributed by atoms with Crippen molar-refractivity contribution >= 4 is 37.9 Å². The van der Waals surface area contributed by atoms with Gasteiger partial charge in [-0.05, 0) is 40.2 Å². The molecule has 4 aromatic rings. The van der Waals surface area contributed by atoms with Crippen LogP contribution in [0.5, 0.6) is 23.0 Å². The molecule has 4 heteroatoms. The summed E-state index contributed by atoms with van der Waals surface area (Å²) < 4.78 is 18.7. The lowest BCUT2D eigenvalue weighted by Gasteiger charge is -2.21. The van der Waals surface area contributed by atoms with Crippen LogP contribution in [0.2, 0.25) is 0 Å². The predicted molar refractivity (Wildman–Crippen MR) is 88.0 cm³/mol. The molecule has 0 amide bonds. The van der Waals surface area contributed by atoms with Crippen LogP contribution < -0.4 is 9.47 Å². The van der Waals surface area contributed by atoms with E-state index in [1.54, 1.807) is 0 Å². The first-order chi connectivity index (χ1) is 10.8. The molecular weight excluding hydrogens is 344 g/mol. The van der Waals surface area contributed by atoms with Gasteiger partial charge in [-0.15, -0.1) is 0 Å². The van der Waals surface area contributed by atoms with E-state index in [9.17, 15) is 0 Å².